The summed E-state index contributed by atoms with van der Waals surface area (Å²) in [5.74, 6) is 0.336. The topological polar surface area (TPSA) is 193 Å². The number of rotatable bonds is 8. The van der Waals surface area contributed by atoms with Crippen molar-refractivity contribution in [3.05, 3.63) is 52.0 Å². The van der Waals surface area contributed by atoms with Crippen LogP contribution in [0.3, 0.4) is 0 Å². The molecule has 0 atom stereocenters. The molecule has 4 N–H and O–H groups in total. The largest absolute Gasteiger partial charge is 0.456 e. The molecule has 4 rings (SSSR count). The van der Waals surface area contributed by atoms with Crippen LogP contribution in [0, 0.1) is 11.3 Å². The maximum Gasteiger partial charge on any atom is 0.394 e. The van der Waals surface area contributed by atoms with Crippen molar-refractivity contribution >= 4 is 49.7 Å². The summed E-state index contributed by atoms with van der Waals surface area (Å²) in [6.45, 7) is 5.81. The number of nitrogens with zero attached hydrogens (tertiary/aromatic N) is 4. The first-order valence-electron chi connectivity index (χ1n) is 13.5. The van der Waals surface area contributed by atoms with Crippen molar-refractivity contribution in [1.82, 2.24) is 24.7 Å². The van der Waals surface area contributed by atoms with E-state index in [1.165, 1.54) is 34.6 Å². The molecule has 2 aromatic carbocycles. The summed E-state index contributed by atoms with van der Waals surface area (Å²) in [6.07, 6.45) is 0.923. The number of hydrogen-bond donors (Lipinski definition) is 4. The van der Waals surface area contributed by atoms with Gasteiger partial charge in [0.15, 0.2) is 0 Å². The predicted molar refractivity (Wildman–Crippen MR) is 164 cm³/mol. The van der Waals surface area contributed by atoms with E-state index in [-0.39, 0.29) is 47.1 Å². The Labute approximate surface area is 267 Å². The third-order valence-electron chi connectivity index (χ3n) is 6.85. The first-order chi connectivity index (χ1) is 20.6. The zero-order valence-corrected chi connectivity index (χ0v) is 27.0. The average molecular weight is 694 g/mol. The molecule has 2 aliphatic rings. The molecule has 18 heteroatoms. The highest BCUT2D eigenvalue weighted by Gasteiger charge is 2.32. The van der Waals surface area contributed by atoms with Crippen LogP contribution >= 0.6 is 23.2 Å². The summed E-state index contributed by atoms with van der Waals surface area (Å²) >= 11 is 12.1. The van der Waals surface area contributed by atoms with E-state index in [1.807, 2.05) is 6.07 Å². The number of carbonyl (C=O) groups excluding carboxylic acids is 1. The van der Waals surface area contributed by atoms with Crippen LogP contribution in [0.15, 0.2) is 41.3 Å². The maximum atomic E-state index is 13.6. The van der Waals surface area contributed by atoms with Gasteiger partial charge in [-0.3, -0.25) is 14.0 Å². The number of piperazine rings is 1. The van der Waals surface area contributed by atoms with Gasteiger partial charge in [-0.15, -0.1) is 0 Å². The second-order valence-corrected chi connectivity index (χ2v) is 13.8. The van der Waals surface area contributed by atoms with Crippen LogP contribution in [-0.2, 0) is 20.4 Å². The van der Waals surface area contributed by atoms with Gasteiger partial charge >= 0.3 is 16.4 Å². The van der Waals surface area contributed by atoms with E-state index in [4.69, 9.17) is 45.5 Å². The zero-order valence-electron chi connectivity index (χ0n) is 23.8. The van der Waals surface area contributed by atoms with Crippen molar-refractivity contribution in [1.29, 1.82) is 5.26 Å². The molecule has 2 aliphatic heterocycles. The maximum absolute atomic E-state index is 13.6. The number of nitrogens with one attached hydrogen (secondary N) is 2. The fraction of sp³-hybridized carbons (Fsp3) is 0.462. The lowest BCUT2D eigenvalue weighted by atomic mass is 10.1. The monoisotopic (exact) mass is 692 g/mol. The average Bonchev–Trinajstić information content (AvgIpc) is 2.93. The number of hydrogen-bond acceptors (Lipinski definition) is 9. The lowest BCUT2D eigenvalue weighted by Gasteiger charge is -2.33. The quantitative estimate of drug-likeness (QED) is 0.297. The number of sulfonamides is 1. The molecule has 0 bridgehead atoms. The zero-order chi connectivity index (χ0) is 32.5. The van der Waals surface area contributed by atoms with E-state index >= 15 is 0 Å². The van der Waals surface area contributed by atoms with Gasteiger partial charge in [-0.25, -0.2) is 13.2 Å². The molecule has 2 heterocycles. The highest BCUT2D eigenvalue weighted by Crippen LogP contribution is 2.35. The standard InChI is InChI=1S/C26H32Cl2N6O4S.H2O4S/c1-32-10-12-33(13-11-32)9-6-30-26(35)31-22-4-7-34(8-5-22)39(36,37)25-14-19(18-29)2-3-24(25)38-23-16-20(27)15-21(28)17-23;1-5(2,3)4/h2-3,14-17,22H,4-13H2,1H3,(H2,30,31,35);(H2,1,2,3,4). The van der Waals surface area contributed by atoms with Crippen LogP contribution in [0.5, 0.6) is 11.5 Å². The normalized spacial score (nSPS) is 17.2. The Balaban J connectivity index is 0.000000978. The van der Waals surface area contributed by atoms with Crippen molar-refractivity contribution < 1.29 is 35.5 Å². The number of carbonyl (C=O) groups is 1. The van der Waals surface area contributed by atoms with Crippen molar-refractivity contribution in [2.45, 2.75) is 23.8 Å². The number of ether oxygens (including phenoxy) is 1. The van der Waals surface area contributed by atoms with Crippen LogP contribution in [-0.4, -0.2) is 112 Å². The van der Waals surface area contributed by atoms with E-state index in [2.05, 4.69) is 27.5 Å². The van der Waals surface area contributed by atoms with Crippen molar-refractivity contribution in [3.8, 4) is 17.6 Å². The van der Waals surface area contributed by atoms with E-state index in [0.717, 1.165) is 32.7 Å². The van der Waals surface area contributed by atoms with E-state index in [1.54, 1.807) is 6.07 Å². The molecule has 0 aromatic heterocycles. The number of amides is 2. The number of likely N-dealkylation sites (N-methyl/N-ethyl adjacent to an activating group) is 1. The summed E-state index contributed by atoms with van der Waals surface area (Å²) in [7, 11) is -6.56. The second-order valence-electron chi connectivity index (χ2n) is 10.2. The number of benzene rings is 2. The summed E-state index contributed by atoms with van der Waals surface area (Å²) in [4.78, 5) is 16.9. The molecule has 0 aliphatic carbocycles. The van der Waals surface area contributed by atoms with Gasteiger partial charge in [0, 0.05) is 68.4 Å². The summed E-state index contributed by atoms with van der Waals surface area (Å²) in [5, 5.41) is 15.9. The molecular weight excluding hydrogens is 659 g/mol. The Morgan fingerprint density at radius 1 is 1.00 bits per heavy atom. The smallest absolute Gasteiger partial charge is 0.394 e. The molecule has 2 saturated heterocycles. The minimum Gasteiger partial charge on any atom is -0.456 e. The second kappa shape index (κ2) is 16.0. The SMILES string of the molecule is CN1CCN(CCNC(=O)NC2CCN(S(=O)(=O)c3cc(C#N)ccc3Oc3cc(Cl)cc(Cl)c3)CC2)CC1.O=S(=O)(O)O. The highest BCUT2D eigenvalue weighted by molar-refractivity contribution is 7.89. The Bertz CT molecular complexity index is 1530. The van der Waals surface area contributed by atoms with E-state index in [9.17, 15) is 18.5 Å². The molecule has 0 saturated carbocycles. The van der Waals surface area contributed by atoms with E-state index in [0.29, 0.717) is 29.4 Å². The molecule has 2 amide bonds. The Morgan fingerprint density at radius 2 is 1.59 bits per heavy atom. The van der Waals surface area contributed by atoms with Crippen LogP contribution in [0.25, 0.3) is 0 Å². The van der Waals surface area contributed by atoms with Gasteiger partial charge < -0.3 is 20.3 Å². The summed E-state index contributed by atoms with van der Waals surface area (Å²) < 4.78 is 66.0. The van der Waals surface area contributed by atoms with Gasteiger partial charge in [-0.05, 0) is 56.3 Å². The molecule has 2 fully saturated rings. The summed E-state index contributed by atoms with van der Waals surface area (Å²) in [5.41, 5.74) is 0.190. The van der Waals surface area contributed by atoms with Gasteiger partial charge in [0.25, 0.3) is 0 Å². The number of urea groups is 1. The fourth-order valence-corrected chi connectivity index (χ4v) is 6.71. The lowest BCUT2D eigenvalue weighted by Crippen LogP contribution is -2.51. The molecular formula is C26H34Cl2N6O8S2. The van der Waals surface area contributed by atoms with Crippen molar-refractivity contribution in [3.63, 3.8) is 0 Å². The molecule has 0 radical (unpaired) electrons. The Morgan fingerprint density at radius 3 is 2.16 bits per heavy atom. The first kappa shape index (κ1) is 35.8. The Kier molecular flexibility index (Phi) is 13.0. The van der Waals surface area contributed by atoms with Crippen LogP contribution in [0.1, 0.15) is 18.4 Å². The third kappa shape index (κ3) is 11.7. The van der Waals surface area contributed by atoms with Crippen LogP contribution in [0.4, 0.5) is 4.79 Å². The van der Waals surface area contributed by atoms with Gasteiger partial charge in [0.1, 0.15) is 16.4 Å². The lowest BCUT2D eigenvalue weighted by molar-refractivity contribution is 0.154. The number of halogens is 2. The van der Waals surface area contributed by atoms with Crippen LogP contribution in [0.2, 0.25) is 10.0 Å². The van der Waals surface area contributed by atoms with Gasteiger partial charge in [-0.2, -0.15) is 18.0 Å². The molecule has 0 spiro atoms. The van der Waals surface area contributed by atoms with Crippen LogP contribution < -0.4 is 15.4 Å². The van der Waals surface area contributed by atoms with Gasteiger partial charge in [0.05, 0.1) is 11.6 Å². The Hall–Kier alpha value is -2.72. The van der Waals surface area contributed by atoms with E-state index < -0.39 is 20.4 Å². The van der Waals surface area contributed by atoms with Crippen molar-refractivity contribution in [2.24, 2.45) is 0 Å². The van der Waals surface area contributed by atoms with Crippen molar-refractivity contribution in [2.75, 3.05) is 59.4 Å². The highest BCUT2D eigenvalue weighted by atomic mass is 35.5. The number of nitriles is 1. The molecule has 242 valence electrons. The minimum atomic E-state index is -4.67. The molecule has 2 aromatic rings. The number of piperidine rings is 1. The summed E-state index contributed by atoms with van der Waals surface area (Å²) in [6, 6.07) is 10.4. The first-order valence-corrected chi connectivity index (χ1v) is 17.1. The predicted octanol–water partition coefficient (Wildman–Crippen LogP) is 2.70. The third-order valence-corrected chi connectivity index (χ3v) is 9.21. The molecule has 44 heavy (non-hydrogen) atoms. The van der Waals surface area contributed by atoms with Gasteiger partial charge in [-0.1, -0.05) is 23.2 Å². The minimum absolute atomic E-state index is 0.0623. The fourth-order valence-electron chi connectivity index (χ4n) is 4.59. The molecule has 14 nitrogen and oxygen atoms in total. The molecule has 0 unspecified atom stereocenters. The van der Waals surface area contributed by atoms with Gasteiger partial charge in [0.2, 0.25) is 10.0 Å².